The molecule has 0 saturated heterocycles. The highest BCUT2D eigenvalue weighted by Crippen LogP contribution is 2.24. The first-order valence-electron chi connectivity index (χ1n) is 6.39. The number of halogens is 1. The van der Waals surface area contributed by atoms with Crippen LogP contribution in [0, 0.1) is 5.82 Å². The number of rotatable bonds is 9. The molecule has 2 N–H and O–H groups in total. The molecule has 0 aliphatic heterocycles. The minimum atomic E-state index is -0.303. The van der Waals surface area contributed by atoms with Crippen molar-refractivity contribution >= 4 is 0 Å². The SMILES string of the molecule is COCCOCCCOc1ccc(F)cc1[C@H](C)N. The molecule has 1 atom stereocenters. The van der Waals surface area contributed by atoms with Crippen LogP contribution in [0.15, 0.2) is 18.2 Å². The van der Waals surface area contributed by atoms with Crippen LogP contribution in [0.3, 0.4) is 0 Å². The Morgan fingerprint density at radius 3 is 2.68 bits per heavy atom. The van der Waals surface area contributed by atoms with Gasteiger partial charge in [-0.2, -0.15) is 0 Å². The van der Waals surface area contributed by atoms with Crippen molar-refractivity contribution in [3.05, 3.63) is 29.6 Å². The summed E-state index contributed by atoms with van der Waals surface area (Å²) in [5, 5.41) is 0. The van der Waals surface area contributed by atoms with Crippen LogP contribution in [0.1, 0.15) is 24.9 Å². The van der Waals surface area contributed by atoms with Crippen molar-refractivity contribution < 1.29 is 18.6 Å². The molecule has 0 heterocycles. The number of nitrogens with two attached hydrogens (primary N) is 1. The number of hydrogen-bond donors (Lipinski definition) is 1. The largest absolute Gasteiger partial charge is 0.493 e. The third-order valence-electron chi connectivity index (χ3n) is 2.58. The maximum Gasteiger partial charge on any atom is 0.124 e. The molecule has 1 aromatic carbocycles. The molecular weight excluding hydrogens is 249 g/mol. The molecule has 0 amide bonds. The zero-order valence-corrected chi connectivity index (χ0v) is 11.5. The Hall–Kier alpha value is -1.17. The molecular formula is C14H22FNO3. The van der Waals surface area contributed by atoms with Gasteiger partial charge in [0.25, 0.3) is 0 Å². The second kappa shape index (κ2) is 8.85. The Morgan fingerprint density at radius 1 is 1.21 bits per heavy atom. The van der Waals surface area contributed by atoms with E-state index in [2.05, 4.69) is 0 Å². The first kappa shape index (κ1) is 15.9. The van der Waals surface area contributed by atoms with E-state index in [-0.39, 0.29) is 11.9 Å². The maximum absolute atomic E-state index is 13.1. The lowest BCUT2D eigenvalue weighted by atomic mass is 10.1. The minimum absolute atomic E-state index is 0.261. The summed E-state index contributed by atoms with van der Waals surface area (Å²) in [4.78, 5) is 0. The lowest BCUT2D eigenvalue weighted by Gasteiger charge is -2.14. The van der Waals surface area contributed by atoms with E-state index < -0.39 is 0 Å². The van der Waals surface area contributed by atoms with Gasteiger partial charge in [-0.3, -0.25) is 0 Å². The van der Waals surface area contributed by atoms with Crippen molar-refractivity contribution in [3.8, 4) is 5.75 Å². The quantitative estimate of drug-likeness (QED) is 0.700. The first-order chi connectivity index (χ1) is 9.15. The molecule has 0 radical (unpaired) electrons. The Labute approximate surface area is 113 Å². The Bertz CT molecular complexity index is 372. The lowest BCUT2D eigenvalue weighted by Crippen LogP contribution is -2.10. The summed E-state index contributed by atoms with van der Waals surface area (Å²) < 4.78 is 28.9. The van der Waals surface area contributed by atoms with E-state index in [1.165, 1.54) is 12.1 Å². The molecule has 19 heavy (non-hydrogen) atoms. The van der Waals surface area contributed by atoms with E-state index >= 15 is 0 Å². The fourth-order valence-electron chi connectivity index (χ4n) is 1.59. The van der Waals surface area contributed by atoms with E-state index in [9.17, 15) is 4.39 Å². The minimum Gasteiger partial charge on any atom is -0.493 e. The van der Waals surface area contributed by atoms with E-state index in [4.69, 9.17) is 19.9 Å². The first-order valence-corrected chi connectivity index (χ1v) is 6.39. The van der Waals surface area contributed by atoms with Gasteiger partial charge in [-0.15, -0.1) is 0 Å². The normalized spacial score (nSPS) is 12.4. The van der Waals surface area contributed by atoms with Crippen LogP contribution in [0.2, 0.25) is 0 Å². The van der Waals surface area contributed by atoms with E-state index in [0.717, 1.165) is 6.42 Å². The maximum atomic E-state index is 13.1. The van der Waals surface area contributed by atoms with Gasteiger partial charge in [0.1, 0.15) is 11.6 Å². The highest BCUT2D eigenvalue weighted by atomic mass is 19.1. The van der Waals surface area contributed by atoms with Crippen LogP contribution in [0.25, 0.3) is 0 Å². The van der Waals surface area contributed by atoms with Crippen LogP contribution in [0.4, 0.5) is 4.39 Å². The molecule has 5 heteroatoms. The molecule has 0 aliphatic rings. The van der Waals surface area contributed by atoms with Crippen molar-refractivity contribution in [2.24, 2.45) is 5.73 Å². The Morgan fingerprint density at radius 2 is 2.00 bits per heavy atom. The topological polar surface area (TPSA) is 53.7 Å². The standard InChI is InChI=1S/C14H22FNO3/c1-11(16)13-10-12(15)4-5-14(13)19-7-3-6-18-9-8-17-2/h4-5,10-11H,3,6-9,16H2,1-2H3/t11-/m0/s1. The molecule has 1 aromatic rings. The van der Waals surface area contributed by atoms with Crippen molar-refractivity contribution in [1.82, 2.24) is 0 Å². The molecule has 108 valence electrons. The average molecular weight is 271 g/mol. The highest BCUT2D eigenvalue weighted by Gasteiger charge is 2.09. The second-order valence-corrected chi connectivity index (χ2v) is 4.28. The van der Waals surface area contributed by atoms with Crippen LogP contribution < -0.4 is 10.5 Å². The fraction of sp³-hybridized carbons (Fsp3) is 0.571. The number of ether oxygens (including phenoxy) is 3. The Balaban J connectivity index is 2.33. The lowest BCUT2D eigenvalue weighted by molar-refractivity contribution is 0.0643. The number of benzene rings is 1. The summed E-state index contributed by atoms with van der Waals surface area (Å²) in [5.74, 6) is 0.329. The molecule has 0 aromatic heterocycles. The smallest absolute Gasteiger partial charge is 0.124 e. The molecule has 4 nitrogen and oxygen atoms in total. The Kier molecular flexibility index (Phi) is 7.40. The molecule has 1 rings (SSSR count). The molecule has 0 spiro atoms. The van der Waals surface area contributed by atoms with Crippen LogP contribution in [-0.2, 0) is 9.47 Å². The van der Waals surface area contributed by atoms with Gasteiger partial charge in [-0.25, -0.2) is 4.39 Å². The van der Waals surface area contributed by atoms with Gasteiger partial charge in [0.05, 0.1) is 19.8 Å². The van der Waals surface area contributed by atoms with Crippen LogP contribution >= 0.6 is 0 Å². The molecule has 0 unspecified atom stereocenters. The summed E-state index contributed by atoms with van der Waals surface area (Å²) in [6.07, 6.45) is 0.763. The van der Waals surface area contributed by atoms with Crippen molar-refractivity contribution in [2.45, 2.75) is 19.4 Å². The van der Waals surface area contributed by atoms with Gasteiger partial charge < -0.3 is 19.9 Å². The summed E-state index contributed by atoms with van der Waals surface area (Å²) in [7, 11) is 1.64. The highest BCUT2D eigenvalue weighted by molar-refractivity contribution is 5.36. The van der Waals surface area contributed by atoms with Crippen LogP contribution in [0.5, 0.6) is 5.75 Å². The van der Waals surface area contributed by atoms with Crippen molar-refractivity contribution in [2.75, 3.05) is 33.5 Å². The van der Waals surface area contributed by atoms with Gasteiger partial charge in [0.2, 0.25) is 0 Å². The average Bonchev–Trinajstić information content (AvgIpc) is 2.39. The predicted octanol–water partition coefficient (Wildman–Crippen LogP) is 2.28. The summed E-state index contributed by atoms with van der Waals surface area (Å²) in [6, 6.07) is 4.13. The third kappa shape index (κ3) is 6.00. The summed E-state index contributed by atoms with van der Waals surface area (Å²) in [6.45, 7) is 4.09. The van der Waals surface area contributed by atoms with Crippen molar-refractivity contribution in [3.63, 3.8) is 0 Å². The summed E-state index contributed by atoms with van der Waals surface area (Å²) >= 11 is 0. The second-order valence-electron chi connectivity index (χ2n) is 4.28. The summed E-state index contributed by atoms with van der Waals surface area (Å²) in [5.41, 5.74) is 6.46. The van der Waals surface area contributed by atoms with Gasteiger partial charge >= 0.3 is 0 Å². The van der Waals surface area contributed by atoms with E-state index in [0.29, 0.717) is 37.7 Å². The van der Waals surface area contributed by atoms with Gasteiger partial charge in [0.15, 0.2) is 0 Å². The molecule has 0 fully saturated rings. The molecule has 0 bridgehead atoms. The number of methoxy groups -OCH3 is 1. The van der Waals surface area contributed by atoms with Gasteiger partial charge in [0, 0.05) is 31.7 Å². The molecule has 0 saturated carbocycles. The predicted molar refractivity (Wildman–Crippen MR) is 71.8 cm³/mol. The number of hydrogen-bond acceptors (Lipinski definition) is 4. The zero-order chi connectivity index (χ0) is 14.1. The monoisotopic (exact) mass is 271 g/mol. The van der Waals surface area contributed by atoms with Crippen LogP contribution in [-0.4, -0.2) is 33.5 Å². The zero-order valence-electron chi connectivity index (χ0n) is 11.5. The molecule has 0 aliphatic carbocycles. The van der Waals surface area contributed by atoms with Crippen molar-refractivity contribution in [1.29, 1.82) is 0 Å². The van der Waals surface area contributed by atoms with Gasteiger partial charge in [-0.05, 0) is 25.1 Å². The van der Waals surface area contributed by atoms with E-state index in [1.807, 2.05) is 0 Å². The van der Waals surface area contributed by atoms with E-state index in [1.54, 1.807) is 20.1 Å². The van der Waals surface area contributed by atoms with Gasteiger partial charge in [-0.1, -0.05) is 0 Å². The fourth-order valence-corrected chi connectivity index (χ4v) is 1.59. The third-order valence-corrected chi connectivity index (χ3v) is 2.58.